The summed E-state index contributed by atoms with van der Waals surface area (Å²) in [6.07, 6.45) is 8.27. The minimum absolute atomic E-state index is 0.144. The Morgan fingerprint density at radius 2 is 1.85 bits per heavy atom. The van der Waals surface area contributed by atoms with E-state index in [0.717, 1.165) is 24.3 Å². The maximum Gasteiger partial charge on any atom is 0.257 e. The molecule has 2 saturated carbocycles. The van der Waals surface area contributed by atoms with E-state index in [2.05, 4.69) is 9.88 Å². The van der Waals surface area contributed by atoms with E-state index in [1.165, 1.54) is 32.1 Å². The molecule has 4 fully saturated rings. The Kier molecular flexibility index (Phi) is 2.95. The smallest absolute Gasteiger partial charge is 0.257 e. The summed E-state index contributed by atoms with van der Waals surface area (Å²) in [6.45, 7) is 0.945. The number of carbonyl (C=O) groups excluding carboxylic acids is 1. The normalized spacial score (nSPS) is 35.1. The molecule has 4 aliphatic rings. The molecule has 1 amide bonds. The largest absolute Gasteiger partial charge is 0.352 e. The Labute approximate surface area is 124 Å². The SMILES string of the molecule is O=C(c1ccc[nH]c1=S)N1CC2CC3CC(C2)CC1C3. The molecule has 3 nitrogen and oxygen atoms in total. The maximum atomic E-state index is 12.9. The number of H-pyrrole nitrogens is 1. The van der Waals surface area contributed by atoms with Gasteiger partial charge in [0.15, 0.2) is 0 Å². The molecule has 1 aromatic heterocycles. The molecular weight excluding hydrogens is 268 g/mol. The van der Waals surface area contributed by atoms with Gasteiger partial charge in [0.2, 0.25) is 0 Å². The second kappa shape index (κ2) is 4.69. The molecule has 0 aromatic carbocycles. The third-order valence-electron chi connectivity index (χ3n) is 5.42. The highest BCUT2D eigenvalue weighted by Gasteiger charge is 2.44. The molecule has 2 aliphatic heterocycles. The number of fused-ring (bicyclic) bond motifs is 1. The van der Waals surface area contributed by atoms with Crippen LogP contribution in [-0.4, -0.2) is 28.4 Å². The van der Waals surface area contributed by atoms with E-state index in [9.17, 15) is 4.79 Å². The number of amides is 1. The second-order valence-corrected chi connectivity index (χ2v) is 7.21. The molecule has 2 atom stereocenters. The first kappa shape index (κ1) is 12.6. The van der Waals surface area contributed by atoms with Crippen molar-refractivity contribution in [2.24, 2.45) is 17.8 Å². The van der Waals surface area contributed by atoms with Crippen molar-refractivity contribution in [3.8, 4) is 0 Å². The summed E-state index contributed by atoms with van der Waals surface area (Å²) in [5.74, 6) is 2.59. The van der Waals surface area contributed by atoms with Crippen molar-refractivity contribution in [1.82, 2.24) is 9.88 Å². The van der Waals surface area contributed by atoms with Gasteiger partial charge >= 0.3 is 0 Å². The van der Waals surface area contributed by atoms with Crippen LogP contribution in [0.4, 0.5) is 0 Å². The van der Waals surface area contributed by atoms with Gasteiger partial charge in [0, 0.05) is 18.8 Å². The van der Waals surface area contributed by atoms with Crippen LogP contribution in [0.1, 0.15) is 42.5 Å². The molecule has 1 N–H and O–H groups in total. The van der Waals surface area contributed by atoms with Crippen molar-refractivity contribution in [2.75, 3.05) is 6.54 Å². The fourth-order valence-electron chi connectivity index (χ4n) is 4.78. The van der Waals surface area contributed by atoms with Crippen LogP contribution in [0.3, 0.4) is 0 Å². The van der Waals surface area contributed by atoms with E-state index in [4.69, 9.17) is 12.2 Å². The first-order valence-electron chi connectivity index (χ1n) is 7.69. The number of aromatic amines is 1. The molecule has 3 heterocycles. The van der Waals surface area contributed by atoms with Crippen LogP contribution in [0.5, 0.6) is 0 Å². The molecule has 2 unspecified atom stereocenters. The molecule has 2 aliphatic carbocycles. The van der Waals surface area contributed by atoms with Gasteiger partial charge in [-0.1, -0.05) is 12.2 Å². The zero-order valence-electron chi connectivity index (χ0n) is 11.5. The predicted molar refractivity (Wildman–Crippen MR) is 80.0 cm³/mol. The zero-order chi connectivity index (χ0) is 13.7. The minimum atomic E-state index is 0.144. The summed E-state index contributed by atoms with van der Waals surface area (Å²) in [7, 11) is 0. The highest BCUT2D eigenvalue weighted by atomic mass is 32.1. The van der Waals surface area contributed by atoms with E-state index in [1.807, 2.05) is 12.1 Å². The highest BCUT2D eigenvalue weighted by molar-refractivity contribution is 7.71. The lowest BCUT2D eigenvalue weighted by molar-refractivity contribution is 0.0631. The van der Waals surface area contributed by atoms with Gasteiger partial charge in [-0.25, -0.2) is 0 Å². The first-order chi connectivity index (χ1) is 9.70. The Morgan fingerprint density at radius 3 is 2.55 bits per heavy atom. The molecular formula is C16H20N2OS. The van der Waals surface area contributed by atoms with E-state index >= 15 is 0 Å². The van der Waals surface area contributed by atoms with Crippen molar-refractivity contribution >= 4 is 18.1 Å². The lowest BCUT2D eigenvalue weighted by Crippen LogP contribution is -2.42. The summed E-state index contributed by atoms with van der Waals surface area (Å²) < 4.78 is 0.571. The second-order valence-electron chi connectivity index (χ2n) is 6.80. The molecule has 0 spiro atoms. The molecule has 4 bridgehead atoms. The van der Waals surface area contributed by atoms with Crippen molar-refractivity contribution in [1.29, 1.82) is 0 Å². The van der Waals surface area contributed by atoms with Gasteiger partial charge in [-0.15, -0.1) is 0 Å². The summed E-state index contributed by atoms with van der Waals surface area (Å²) in [5, 5.41) is 0. The Hall–Kier alpha value is -1.16. The van der Waals surface area contributed by atoms with Crippen molar-refractivity contribution in [2.45, 2.75) is 38.1 Å². The van der Waals surface area contributed by atoms with E-state index in [1.54, 1.807) is 6.20 Å². The number of pyridine rings is 1. The Morgan fingerprint density at radius 1 is 1.15 bits per heavy atom. The average Bonchev–Trinajstić information content (AvgIpc) is 2.62. The molecule has 20 heavy (non-hydrogen) atoms. The number of nitrogens with zero attached hydrogens (tertiary/aromatic N) is 1. The molecule has 106 valence electrons. The molecule has 1 aromatic rings. The number of nitrogens with one attached hydrogen (secondary N) is 1. The summed E-state index contributed by atoms with van der Waals surface area (Å²) in [6, 6.07) is 4.18. The van der Waals surface area contributed by atoms with E-state index in [0.29, 0.717) is 16.2 Å². The van der Waals surface area contributed by atoms with Gasteiger partial charge in [0.25, 0.3) is 5.91 Å². The summed E-state index contributed by atoms with van der Waals surface area (Å²) in [4.78, 5) is 18.0. The standard InChI is InChI=1S/C16H20N2OS/c19-16(14-2-1-3-17-15(14)20)18-9-12-5-10-4-11(6-12)8-13(18)7-10/h1-3,10-13H,4-9H2,(H,17,20). The lowest BCUT2D eigenvalue weighted by Gasteiger charge is -2.39. The number of aromatic nitrogens is 1. The van der Waals surface area contributed by atoms with Crippen LogP contribution in [0.2, 0.25) is 0 Å². The molecule has 0 radical (unpaired) electrons. The fraction of sp³-hybridized carbons (Fsp3) is 0.625. The summed E-state index contributed by atoms with van der Waals surface area (Å²) in [5.41, 5.74) is 0.670. The number of carbonyl (C=O) groups is 1. The van der Waals surface area contributed by atoms with Crippen LogP contribution in [0.25, 0.3) is 0 Å². The predicted octanol–water partition coefficient (Wildman–Crippen LogP) is 3.39. The van der Waals surface area contributed by atoms with Crippen LogP contribution in [0.15, 0.2) is 18.3 Å². The summed E-state index contributed by atoms with van der Waals surface area (Å²) >= 11 is 5.28. The number of hydrogen-bond acceptors (Lipinski definition) is 2. The van der Waals surface area contributed by atoms with Crippen molar-refractivity contribution < 1.29 is 4.79 Å². The van der Waals surface area contributed by atoms with Crippen LogP contribution < -0.4 is 0 Å². The number of hydrogen-bond donors (Lipinski definition) is 1. The van der Waals surface area contributed by atoms with Crippen LogP contribution in [-0.2, 0) is 0 Å². The third-order valence-corrected chi connectivity index (χ3v) is 5.75. The van der Waals surface area contributed by atoms with Crippen LogP contribution >= 0.6 is 12.2 Å². The first-order valence-corrected chi connectivity index (χ1v) is 8.10. The topological polar surface area (TPSA) is 36.1 Å². The monoisotopic (exact) mass is 288 g/mol. The quantitative estimate of drug-likeness (QED) is 0.804. The lowest BCUT2D eigenvalue weighted by atomic mass is 9.68. The van der Waals surface area contributed by atoms with Gasteiger partial charge in [-0.2, -0.15) is 0 Å². The Bertz CT molecular complexity index is 582. The molecule has 2 saturated heterocycles. The maximum absolute atomic E-state index is 12.9. The highest BCUT2D eigenvalue weighted by Crippen LogP contribution is 2.47. The average molecular weight is 288 g/mol. The fourth-order valence-corrected chi connectivity index (χ4v) is 5.00. The van der Waals surface area contributed by atoms with Crippen molar-refractivity contribution in [3.05, 3.63) is 28.5 Å². The van der Waals surface area contributed by atoms with Gasteiger partial charge in [0.1, 0.15) is 4.64 Å². The Balaban J connectivity index is 1.67. The van der Waals surface area contributed by atoms with E-state index in [-0.39, 0.29) is 5.91 Å². The van der Waals surface area contributed by atoms with Crippen LogP contribution in [0, 0.1) is 22.4 Å². The van der Waals surface area contributed by atoms with Gasteiger partial charge < -0.3 is 9.88 Å². The molecule has 4 heteroatoms. The van der Waals surface area contributed by atoms with E-state index < -0.39 is 0 Å². The molecule has 5 rings (SSSR count). The third kappa shape index (κ3) is 2.01. The van der Waals surface area contributed by atoms with Gasteiger partial charge in [0.05, 0.1) is 5.56 Å². The van der Waals surface area contributed by atoms with Gasteiger partial charge in [-0.3, -0.25) is 4.79 Å². The van der Waals surface area contributed by atoms with Gasteiger partial charge in [-0.05, 0) is 62.0 Å². The number of rotatable bonds is 1. The minimum Gasteiger partial charge on any atom is -0.352 e. The van der Waals surface area contributed by atoms with Crippen molar-refractivity contribution in [3.63, 3.8) is 0 Å². The zero-order valence-corrected chi connectivity index (χ0v) is 12.4.